The van der Waals surface area contributed by atoms with Crippen LogP contribution < -0.4 is 5.73 Å². The van der Waals surface area contributed by atoms with Crippen molar-refractivity contribution in [3.8, 4) is 0 Å². The summed E-state index contributed by atoms with van der Waals surface area (Å²) in [6.07, 6.45) is 0. The summed E-state index contributed by atoms with van der Waals surface area (Å²) in [5.74, 6) is -0.235. The zero-order valence-corrected chi connectivity index (χ0v) is 12.1. The number of hydrogen-bond donors (Lipinski definition) is 1. The summed E-state index contributed by atoms with van der Waals surface area (Å²) in [6, 6.07) is 8.48. The summed E-state index contributed by atoms with van der Waals surface area (Å²) in [5, 5.41) is 0.649. The van der Waals surface area contributed by atoms with Gasteiger partial charge in [-0.25, -0.2) is 4.39 Å². The molecule has 0 aliphatic heterocycles. The van der Waals surface area contributed by atoms with Gasteiger partial charge in [0.1, 0.15) is 5.82 Å². The average molecular weight is 278 g/mol. The van der Waals surface area contributed by atoms with Gasteiger partial charge in [0.25, 0.3) is 0 Å². The molecule has 0 saturated carbocycles. The standard InChI is InChI=1S/C16H17ClFN/c1-9-4-5-13(14(17)6-9)16(19)15-10(2)7-12(18)8-11(15)3/h4-8,16H,19H2,1-3H3. The van der Waals surface area contributed by atoms with Gasteiger partial charge >= 0.3 is 0 Å². The molecule has 2 rings (SSSR count). The van der Waals surface area contributed by atoms with Gasteiger partial charge in [0, 0.05) is 5.02 Å². The first-order valence-corrected chi connectivity index (χ1v) is 6.56. The Hall–Kier alpha value is -1.38. The van der Waals surface area contributed by atoms with E-state index in [1.165, 1.54) is 12.1 Å². The normalized spacial score (nSPS) is 12.5. The minimum atomic E-state index is -0.339. The molecule has 2 N–H and O–H groups in total. The van der Waals surface area contributed by atoms with Gasteiger partial charge in [-0.15, -0.1) is 0 Å². The molecular weight excluding hydrogens is 261 g/mol. The molecule has 0 spiro atoms. The molecule has 3 heteroatoms. The second kappa shape index (κ2) is 5.32. The molecule has 2 aromatic carbocycles. The molecule has 0 radical (unpaired) electrons. The summed E-state index contributed by atoms with van der Waals surface area (Å²) in [5.41, 5.74) is 10.9. The molecule has 19 heavy (non-hydrogen) atoms. The molecule has 0 saturated heterocycles. The van der Waals surface area contributed by atoms with Crippen LogP contribution in [0.5, 0.6) is 0 Å². The fourth-order valence-electron chi connectivity index (χ4n) is 2.45. The molecule has 1 unspecified atom stereocenters. The topological polar surface area (TPSA) is 26.0 Å². The minimum absolute atomic E-state index is 0.235. The summed E-state index contributed by atoms with van der Waals surface area (Å²) in [4.78, 5) is 0. The highest BCUT2D eigenvalue weighted by molar-refractivity contribution is 6.31. The predicted molar refractivity (Wildman–Crippen MR) is 78.1 cm³/mol. The van der Waals surface area contributed by atoms with Crippen LogP contribution in [-0.2, 0) is 0 Å². The molecule has 0 amide bonds. The zero-order valence-electron chi connectivity index (χ0n) is 11.3. The number of benzene rings is 2. The molecular formula is C16H17ClFN. The maximum atomic E-state index is 13.3. The van der Waals surface area contributed by atoms with E-state index >= 15 is 0 Å². The monoisotopic (exact) mass is 277 g/mol. The lowest BCUT2D eigenvalue weighted by atomic mass is 9.91. The lowest BCUT2D eigenvalue weighted by Gasteiger charge is -2.19. The summed E-state index contributed by atoms with van der Waals surface area (Å²) in [6.45, 7) is 5.72. The highest BCUT2D eigenvalue weighted by Crippen LogP contribution is 2.31. The molecule has 0 aromatic heterocycles. The number of hydrogen-bond acceptors (Lipinski definition) is 1. The van der Waals surface area contributed by atoms with E-state index in [2.05, 4.69) is 0 Å². The SMILES string of the molecule is Cc1ccc(C(N)c2c(C)cc(F)cc2C)c(Cl)c1. The first-order valence-electron chi connectivity index (χ1n) is 6.18. The van der Waals surface area contributed by atoms with Crippen molar-refractivity contribution < 1.29 is 4.39 Å². The van der Waals surface area contributed by atoms with E-state index in [1.807, 2.05) is 39.0 Å². The van der Waals surface area contributed by atoms with Crippen molar-refractivity contribution in [3.05, 3.63) is 69.0 Å². The Labute approximate surface area is 118 Å². The quantitative estimate of drug-likeness (QED) is 0.862. The van der Waals surface area contributed by atoms with E-state index in [1.54, 1.807) is 0 Å². The fraction of sp³-hybridized carbons (Fsp3) is 0.250. The summed E-state index contributed by atoms with van der Waals surface area (Å²) >= 11 is 6.26. The van der Waals surface area contributed by atoms with Crippen molar-refractivity contribution in [2.24, 2.45) is 5.73 Å². The largest absolute Gasteiger partial charge is 0.320 e. The molecule has 0 heterocycles. The van der Waals surface area contributed by atoms with Gasteiger partial charge in [-0.3, -0.25) is 0 Å². The number of nitrogens with two attached hydrogens (primary N) is 1. The average Bonchev–Trinajstić information content (AvgIpc) is 2.26. The Bertz CT molecular complexity index is 599. The zero-order chi connectivity index (χ0) is 14.2. The Morgan fingerprint density at radius 3 is 2.16 bits per heavy atom. The van der Waals surface area contributed by atoms with Gasteiger partial charge < -0.3 is 5.73 Å². The molecule has 2 aromatic rings. The van der Waals surface area contributed by atoms with Gasteiger partial charge in [0.15, 0.2) is 0 Å². The van der Waals surface area contributed by atoms with Crippen LogP contribution in [0.3, 0.4) is 0 Å². The molecule has 100 valence electrons. The lowest BCUT2D eigenvalue weighted by molar-refractivity contribution is 0.623. The third kappa shape index (κ3) is 2.80. The highest BCUT2D eigenvalue weighted by atomic mass is 35.5. The summed E-state index contributed by atoms with van der Waals surface area (Å²) in [7, 11) is 0. The van der Waals surface area contributed by atoms with Gasteiger partial charge in [0.2, 0.25) is 0 Å². The van der Waals surface area contributed by atoms with Crippen LogP contribution in [0.2, 0.25) is 5.02 Å². The van der Waals surface area contributed by atoms with Crippen molar-refractivity contribution in [3.63, 3.8) is 0 Å². The van der Waals surface area contributed by atoms with Crippen molar-refractivity contribution >= 4 is 11.6 Å². The number of aryl methyl sites for hydroxylation is 3. The van der Waals surface area contributed by atoms with Crippen molar-refractivity contribution in [2.75, 3.05) is 0 Å². The Kier molecular flexibility index (Phi) is 3.93. The van der Waals surface area contributed by atoms with E-state index in [0.29, 0.717) is 5.02 Å². The third-order valence-electron chi connectivity index (χ3n) is 3.36. The summed E-state index contributed by atoms with van der Waals surface area (Å²) < 4.78 is 13.3. The number of halogens is 2. The molecule has 0 aliphatic carbocycles. The Morgan fingerprint density at radius 2 is 1.63 bits per heavy atom. The fourth-order valence-corrected chi connectivity index (χ4v) is 2.80. The Morgan fingerprint density at radius 1 is 1.05 bits per heavy atom. The van der Waals surface area contributed by atoms with Crippen LogP contribution >= 0.6 is 11.6 Å². The van der Waals surface area contributed by atoms with E-state index < -0.39 is 0 Å². The van der Waals surface area contributed by atoms with Crippen LogP contribution in [0.1, 0.15) is 33.9 Å². The Balaban J connectivity index is 2.53. The molecule has 1 nitrogen and oxygen atoms in total. The highest BCUT2D eigenvalue weighted by Gasteiger charge is 2.17. The maximum Gasteiger partial charge on any atom is 0.123 e. The van der Waals surface area contributed by atoms with Crippen LogP contribution in [-0.4, -0.2) is 0 Å². The smallest absolute Gasteiger partial charge is 0.123 e. The lowest BCUT2D eigenvalue weighted by Crippen LogP contribution is -2.15. The molecule has 0 fully saturated rings. The second-order valence-electron chi connectivity index (χ2n) is 4.96. The van der Waals surface area contributed by atoms with E-state index in [-0.39, 0.29) is 11.9 Å². The first-order chi connectivity index (χ1) is 8.90. The van der Waals surface area contributed by atoms with Gasteiger partial charge in [0.05, 0.1) is 6.04 Å². The third-order valence-corrected chi connectivity index (χ3v) is 3.69. The predicted octanol–water partition coefficient (Wildman–Crippen LogP) is 4.45. The second-order valence-corrected chi connectivity index (χ2v) is 5.36. The van der Waals surface area contributed by atoms with E-state index in [9.17, 15) is 4.39 Å². The van der Waals surface area contributed by atoms with Crippen molar-refractivity contribution in [1.29, 1.82) is 0 Å². The van der Waals surface area contributed by atoms with Gasteiger partial charge in [-0.1, -0.05) is 23.7 Å². The van der Waals surface area contributed by atoms with Crippen molar-refractivity contribution in [1.82, 2.24) is 0 Å². The van der Waals surface area contributed by atoms with Crippen LogP contribution in [0.25, 0.3) is 0 Å². The van der Waals surface area contributed by atoms with Crippen LogP contribution in [0.4, 0.5) is 4.39 Å². The van der Waals surface area contributed by atoms with Gasteiger partial charge in [-0.05, 0) is 66.8 Å². The van der Waals surface area contributed by atoms with Crippen LogP contribution in [0.15, 0.2) is 30.3 Å². The number of rotatable bonds is 2. The van der Waals surface area contributed by atoms with Gasteiger partial charge in [-0.2, -0.15) is 0 Å². The van der Waals surface area contributed by atoms with Crippen LogP contribution in [0, 0.1) is 26.6 Å². The maximum absolute atomic E-state index is 13.3. The first kappa shape index (κ1) is 14.0. The molecule has 1 atom stereocenters. The molecule has 0 bridgehead atoms. The van der Waals surface area contributed by atoms with E-state index in [4.69, 9.17) is 17.3 Å². The van der Waals surface area contributed by atoms with Crippen molar-refractivity contribution in [2.45, 2.75) is 26.8 Å². The molecule has 0 aliphatic rings. The van der Waals surface area contributed by atoms with E-state index in [0.717, 1.165) is 27.8 Å². The minimum Gasteiger partial charge on any atom is -0.320 e.